The molecule has 0 nitrogen and oxygen atoms in total. The van der Waals surface area contributed by atoms with Crippen molar-refractivity contribution in [1.82, 2.24) is 0 Å². The van der Waals surface area contributed by atoms with Crippen LogP contribution in [0.2, 0.25) is 0 Å². The van der Waals surface area contributed by atoms with Crippen molar-refractivity contribution in [3.63, 3.8) is 0 Å². The van der Waals surface area contributed by atoms with Crippen LogP contribution in [-0.2, 0) is 6.42 Å². The van der Waals surface area contributed by atoms with E-state index in [1.54, 1.807) is 0 Å². The fourth-order valence-electron chi connectivity index (χ4n) is 3.28. The van der Waals surface area contributed by atoms with E-state index in [4.69, 9.17) is 0 Å². The molecule has 0 heteroatoms. The second-order valence-corrected chi connectivity index (χ2v) is 5.95. The first kappa shape index (κ1) is 22.0. The Labute approximate surface area is 161 Å². The lowest BCUT2D eigenvalue weighted by atomic mass is 9.84. The molecule has 0 aromatic heterocycles. The second kappa shape index (κ2) is 12.3. The lowest BCUT2D eigenvalue weighted by Crippen LogP contribution is -2.01. The van der Waals surface area contributed by atoms with Crippen molar-refractivity contribution < 1.29 is 0 Å². The highest BCUT2D eigenvalue weighted by molar-refractivity contribution is 6.01. The Kier molecular flexibility index (Phi) is 10.4. The fourth-order valence-corrected chi connectivity index (χ4v) is 3.28. The van der Waals surface area contributed by atoms with Gasteiger partial charge < -0.3 is 0 Å². The quantitative estimate of drug-likeness (QED) is 0.446. The predicted molar refractivity (Wildman–Crippen MR) is 123 cm³/mol. The molecular weight excluding hydrogens is 312 g/mol. The van der Waals surface area contributed by atoms with Gasteiger partial charge in [-0.25, -0.2) is 0 Å². The van der Waals surface area contributed by atoms with Gasteiger partial charge in [0.15, 0.2) is 0 Å². The van der Waals surface area contributed by atoms with Crippen LogP contribution < -0.4 is 0 Å². The number of benzene rings is 2. The van der Waals surface area contributed by atoms with Gasteiger partial charge >= 0.3 is 0 Å². The smallest absolute Gasteiger partial charge is 0.00993 e. The fraction of sp³-hybridized carbons (Fsp3) is 0.385. The minimum atomic E-state index is 1.04. The van der Waals surface area contributed by atoms with Crippen molar-refractivity contribution in [1.29, 1.82) is 0 Å². The van der Waals surface area contributed by atoms with E-state index < -0.39 is 0 Å². The van der Waals surface area contributed by atoms with Gasteiger partial charge in [-0.15, -0.1) is 0 Å². The summed E-state index contributed by atoms with van der Waals surface area (Å²) >= 11 is 0. The van der Waals surface area contributed by atoms with E-state index in [9.17, 15) is 0 Å². The van der Waals surface area contributed by atoms with Crippen LogP contribution in [0.3, 0.4) is 0 Å². The topological polar surface area (TPSA) is 0 Å². The summed E-state index contributed by atoms with van der Waals surface area (Å²) in [5, 5.41) is 2.78. The molecule has 0 aliphatic heterocycles. The van der Waals surface area contributed by atoms with Gasteiger partial charge in [-0.1, -0.05) is 109 Å². The zero-order valence-electron chi connectivity index (χ0n) is 17.6. The largest absolute Gasteiger partial charge is 0.0836 e. The highest BCUT2D eigenvalue weighted by Crippen LogP contribution is 2.36. The van der Waals surface area contributed by atoms with Gasteiger partial charge in [0.05, 0.1) is 0 Å². The third-order valence-corrected chi connectivity index (χ3v) is 4.13. The lowest BCUT2D eigenvalue weighted by Gasteiger charge is -2.19. The molecule has 0 heterocycles. The minimum absolute atomic E-state index is 1.04. The minimum Gasteiger partial charge on any atom is -0.0836 e. The molecule has 0 saturated heterocycles. The molecule has 4 rings (SSSR count). The van der Waals surface area contributed by atoms with Crippen LogP contribution in [0.4, 0.5) is 0 Å². The summed E-state index contributed by atoms with van der Waals surface area (Å²) in [6, 6.07) is 8.80. The number of rotatable bonds is 0. The molecule has 0 fully saturated rings. The molecule has 26 heavy (non-hydrogen) atoms. The van der Waals surface area contributed by atoms with Crippen LogP contribution in [0.15, 0.2) is 42.5 Å². The highest BCUT2D eigenvalue weighted by Gasteiger charge is 2.16. The number of hydrogen-bond acceptors (Lipinski definition) is 0. The third-order valence-electron chi connectivity index (χ3n) is 4.13. The van der Waals surface area contributed by atoms with Crippen LogP contribution in [0.1, 0.15) is 83.1 Å². The molecule has 2 aliphatic carbocycles. The van der Waals surface area contributed by atoms with Crippen LogP contribution in [0.25, 0.3) is 29.0 Å². The molecule has 0 spiro atoms. The Morgan fingerprint density at radius 3 is 1.81 bits per heavy atom. The predicted octanol–water partition coefficient (Wildman–Crippen LogP) is 8.70. The van der Waals surface area contributed by atoms with Gasteiger partial charge in [0.25, 0.3) is 0 Å². The average Bonchev–Trinajstić information content (AvgIpc) is 2.98. The van der Waals surface area contributed by atoms with Crippen molar-refractivity contribution in [2.75, 3.05) is 0 Å². The Hall–Kier alpha value is -2.08. The number of hydrogen-bond donors (Lipinski definition) is 0. The average molecular weight is 349 g/mol. The molecule has 0 atom stereocenters. The number of fused-ring (bicyclic) bond motifs is 6. The van der Waals surface area contributed by atoms with E-state index in [0.29, 0.717) is 0 Å². The molecule has 0 N–H and O–H groups in total. The second-order valence-electron chi connectivity index (χ2n) is 5.95. The van der Waals surface area contributed by atoms with Crippen LogP contribution in [0.5, 0.6) is 0 Å². The van der Waals surface area contributed by atoms with Crippen molar-refractivity contribution >= 4 is 29.0 Å². The first-order valence-electron chi connectivity index (χ1n) is 10.4. The maximum absolute atomic E-state index is 2.32. The van der Waals surface area contributed by atoms with Gasteiger partial charge in [-0.2, -0.15) is 0 Å². The molecule has 2 aromatic rings. The molecule has 0 amide bonds. The summed E-state index contributed by atoms with van der Waals surface area (Å²) < 4.78 is 0. The van der Waals surface area contributed by atoms with Gasteiger partial charge in [0, 0.05) is 0 Å². The van der Waals surface area contributed by atoms with E-state index in [2.05, 4.69) is 74.6 Å². The van der Waals surface area contributed by atoms with Crippen molar-refractivity contribution in [3.8, 4) is 0 Å². The van der Waals surface area contributed by atoms with E-state index in [0.717, 1.165) is 19.3 Å². The van der Waals surface area contributed by atoms with Gasteiger partial charge in [0.2, 0.25) is 0 Å². The number of allylic oxidation sites excluding steroid dienone is 3. The Morgan fingerprint density at radius 2 is 1.19 bits per heavy atom. The van der Waals surface area contributed by atoms with Gasteiger partial charge in [0.1, 0.15) is 0 Å². The Morgan fingerprint density at radius 1 is 0.692 bits per heavy atom. The first-order valence-corrected chi connectivity index (χ1v) is 10.4. The summed E-state index contributed by atoms with van der Waals surface area (Å²) in [7, 11) is 0. The normalized spacial score (nSPS) is 13.0. The summed E-state index contributed by atoms with van der Waals surface area (Å²) in [5.74, 6) is 0. The molecule has 0 saturated carbocycles. The zero-order valence-corrected chi connectivity index (χ0v) is 17.6. The van der Waals surface area contributed by atoms with E-state index in [1.807, 2.05) is 27.7 Å². The first-order chi connectivity index (χ1) is 12.9. The summed E-state index contributed by atoms with van der Waals surface area (Å²) in [6.07, 6.45) is 18.4. The summed E-state index contributed by atoms with van der Waals surface area (Å²) in [6.45, 7) is 12.2. The highest BCUT2D eigenvalue weighted by atomic mass is 14.2. The summed E-state index contributed by atoms with van der Waals surface area (Å²) in [5.41, 5.74) is 5.80. The monoisotopic (exact) mass is 348 g/mol. The molecule has 140 valence electrons. The zero-order chi connectivity index (χ0) is 19.4. The maximum atomic E-state index is 2.32. The van der Waals surface area contributed by atoms with Crippen molar-refractivity contribution in [2.45, 2.75) is 67.2 Å². The molecule has 0 unspecified atom stereocenters. The third kappa shape index (κ3) is 4.97. The van der Waals surface area contributed by atoms with Crippen molar-refractivity contribution in [2.24, 2.45) is 0 Å². The molecule has 2 aromatic carbocycles. The van der Waals surface area contributed by atoms with Crippen LogP contribution in [-0.4, -0.2) is 0 Å². The van der Waals surface area contributed by atoms with E-state index in [1.165, 1.54) is 39.4 Å². The molecule has 2 aliphatic rings. The van der Waals surface area contributed by atoms with E-state index in [-0.39, 0.29) is 0 Å². The summed E-state index contributed by atoms with van der Waals surface area (Å²) in [4.78, 5) is 0. The molecular formula is C26H36. The maximum Gasteiger partial charge on any atom is -0.00993 e. The van der Waals surface area contributed by atoms with Gasteiger partial charge in [-0.3, -0.25) is 0 Å². The Balaban J connectivity index is 0.000000431. The van der Waals surface area contributed by atoms with Crippen molar-refractivity contribution in [3.05, 3.63) is 64.7 Å². The lowest BCUT2D eigenvalue weighted by molar-refractivity contribution is 0.985. The molecule has 0 bridgehead atoms. The van der Waals surface area contributed by atoms with E-state index >= 15 is 0 Å². The molecule has 0 radical (unpaired) electrons. The van der Waals surface area contributed by atoms with Crippen LogP contribution >= 0.6 is 0 Å². The SMILES string of the molecule is C1=Cc2c3c(c4ccccc4c2C=CC1)C=CCC3.CC.CC.CCC. The standard InChI is InChI=1S/C19H16.C3H8.2C2H6/c1-2-8-14-15(9-3-1)17-11-5-7-13-19(17)18-12-6-4-10-16(14)18;1-3-2;2*1-2/h2-4,6-10,12-13H,1,5,11H2;3H2,1-2H3;2*1-2H3. The van der Waals surface area contributed by atoms with Gasteiger partial charge in [-0.05, 0) is 52.3 Å². The van der Waals surface area contributed by atoms with Crippen LogP contribution in [0, 0.1) is 0 Å². The Bertz CT molecular complexity index is 757.